The highest BCUT2D eigenvalue weighted by molar-refractivity contribution is 5.97. The minimum atomic E-state index is -0.741. The van der Waals surface area contributed by atoms with Gasteiger partial charge in [0, 0.05) is 12.3 Å². The minimum Gasteiger partial charge on any atom is -0.317 e. The maximum atomic E-state index is 12.3. The van der Waals surface area contributed by atoms with Crippen LogP contribution in [0.25, 0.3) is 5.69 Å². The average Bonchev–Trinajstić information content (AvgIpc) is 2.97. The quantitative estimate of drug-likeness (QED) is 0.909. The number of benzene rings is 1. The van der Waals surface area contributed by atoms with E-state index in [2.05, 4.69) is 10.4 Å². The molecule has 0 spiro atoms. The van der Waals surface area contributed by atoms with Crippen LogP contribution in [0, 0.1) is 0 Å². The van der Waals surface area contributed by atoms with Gasteiger partial charge in [-0.25, -0.2) is 4.68 Å². The van der Waals surface area contributed by atoms with Gasteiger partial charge >= 0.3 is 0 Å². The summed E-state index contributed by atoms with van der Waals surface area (Å²) >= 11 is 0. The van der Waals surface area contributed by atoms with Gasteiger partial charge in [-0.1, -0.05) is 37.5 Å². The van der Waals surface area contributed by atoms with Crippen molar-refractivity contribution >= 4 is 11.7 Å². The van der Waals surface area contributed by atoms with Crippen molar-refractivity contribution in [1.82, 2.24) is 9.78 Å². The molecule has 2 aromatic rings. The van der Waals surface area contributed by atoms with Crippen molar-refractivity contribution in [1.29, 1.82) is 0 Å². The number of carbonyl (C=O) groups is 1. The van der Waals surface area contributed by atoms with E-state index in [9.17, 15) is 4.79 Å². The van der Waals surface area contributed by atoms with Crippen molar-refractivity contribution in [3.05, 3.63) is 42.6 Å². The first-order valence-electron chi connectivity index (χ1n) is 7.39. The van der Waals surface area contributed by atoms with Gasteiger partial charge in [-0.2, -0.15) is 5.10 Å². The number of anilines is 1. The maximum Gasteiger partial charge on any atom is 0.245 e. The normalized spacial score (nSPS) is 17.4. The number of nitrogens with one attached hydrogen (secondary N) is 1. The second-order valence-corrected chi connectivity index (χ2v) is 5.65. The van der Waals surface area contributed by atoms with Crippen molar-refractivity contribution in [2.75, 3.05) is 5.32 Å². The Bertz CT molecular complexity index is 614. The topological polar surface area (TPSA) is 72.9 Å². The van der Waals surface area contributed by atoms with Crippen molar-refractivity contribution < 1.29 is 4.79 Å². The molecular weight excluding hydrogens is 264 g/mol. The highest BCUT2D eigenvalue weighted by atomic mass is 16.2. The molecule has 0 unspecified atom stereocenters. The minimum absolute atomic E-state index is 0.125. The van der Waals surface area contributed by atoms with Crippen molar-refractivity contribution in [3.8, 4) is 5.69 Å². The molecule has 1 heterocycles. The zero-order valence-electron chi connectivity index (χ0n) is 12.0. The van der Waals surface area contributed by atoms with Gasteiger partial charge in [-0.05, 0) is 25.0 Å². The molecule has 0 aliphatic heterocycles. The number of rotatable bonds is 3. The molecule has 0 atom stereocenters. The molecule has 1 aliphatic carbocycles. The summed E-state index contributed by atoms with van der Waals surface area (Å²) in [5.41, 5.74) is 6.44. The summed E-state index contributed by atoms with van der Waals surface area (Å²) in [4.78, 5) is 12.3. The van der Waals surface area contributed by atoms with Crippen LogP contribution >= 0.6 is 0 Å². The number of para-hydroxylation sites is 1. The van der Waals surface area contributed by atoms with E-state index in [1.165, 1.54) is 0 Å². The van der Waals surface area contributed by atoms with Gasteiger partial charge < -0.3 is 11.1 Å². The Morgan fingerprint density at radius 1 is 1.14 bits per heavy atom. The Kier molecular flexibility index (Phi) is 3.75. The van der Waals surface area contributed by atoms with E-state index in [0.717, 1.165) is 37.8 Å². The fraction of sp³-hybridized carbons (Fsp3) is 0.375. The highest BCUT2D eigenvalue weighted by Gasteiger charge is 2.35. The second-order valence-electron chi connectivity index (χ2n) is 5.65. The summed E-state index contributed by atoms with van der Waals surface area (Å²) in [5, 5.41) is 7.22. The molecule has 5 heteroatoms. The molecule has 21 heavy (non-hydrogen) atoms. The monoisotopic (exact) mass is 284 g/mol. The van der Waals surface area contributed by atoms with E-state index in [4.69, 9.17) is 5.73 Å². The molecule has 0 saturated heterocycles. The predicted molar refractivity (Wildman–Crippen MR) is 82.2 cm³/mol. The molecular formula is C16H20N4O. The number of hydrogen-bond donors (Lipinski definition) is 2. The predicted octanol–water partition coefficient (Wildman–Crippen LogP) is 2.47. The largest absolute Gasteiger partial charge is 0.317 e. The molecule has 1 aromatic heterocycles. The molecule has 0 bridgehead atoms. The lowest BCUT2D eigenvalue weighted by Gasteiger charge is -2.31. The molecule has 1 fully saturated rings. The molecule has 3 rings (SSSR count). The third-order valence-corrected chi connectivity index (χ3v) is 4.05. The van der Waals surface area contributed by atoms with Crippen LogP contribution in [0.4, 0.5) is 5.82 Å². The fourth-order valence-corrected chi connectivity index (χ4v) is 2.77. The van der Waals surface area contributed by atoms with E-state index in [0.29, 0.717) is 5.82 Å². The Morgan fingerprint density at radius 2 is 1.86 bits per heavy atom. The van der Waals surface area contributed by atoms with Crippen LogP contribution in [-0.2, 0) is 4.79 Å². The molecule has 0 radical (unpaired) electrons. The standard InChI is InChI=1S/C16H20N4O/c17-16(10-5-2-6-11-16)15(21)18-14-9-12-20(19-14)13-7-3-1-4-8-13/h1,3-4,7-9,12H,2,5-6,10-11,17H2,(H,18,19,21). The van der Waals surface area contributed by atoms with Gasteiger partial charge in [-0.3, -0.25) is 4.79 Å². The van der Waals surface area contributed by atoms with Gasteiger partial charge in [0.2, 0.25) is 5.91 Å². The lowest BCUT2D eigenvalue weighted by molar-refractivity contribution is -0.122. The Morgan fingerprint density at radius 3 is 2.57 bits per heavy atom. The van der Waals surface area contributed by atoms with E-state index < -0.39 is 5.54 Å². The van der Waals surface area contributed by atoms with Gasteiger partial charge in [0.1, 0.15) is 0 Å². The summed E-state index contributed by atoms with van der Waals surface area (Å²) < 4.78 is 1.74. The molecule has 110 valence electrons. The summed E-state index contributed by atoms with van der Waals surface area (Å²) in [7, 11) is 0. The number of hydrogen-bond acceptors (Lipinski definition) is 3. The van der Waals surface area contributed by atoms with Crippen LogP contribution in [0.3, 0.4) is 0 Å². The van der Waals surface area contributed by atoms with E-state index in [1.54, 1.807) is 10.7 Å². The third kappa shape index (κ3) is 2.97. The number of nitrogens with two attached hydrogens (primary N) is 1. The van der Waals surface area contributed by atoms with Crippen molar-refractivity contribution in [3.63, 3.8) is 0 Å². The van der Waals surface area contributed by atoms with E-state index in [1.807, 2.05) is 36.5 Å². The zero-order chi connectivity index (χ0) is 14.7. The maximum absolute atomic E-state index is 12.3. The van der Waals surface area contributed by atoms with Crippen LogP contribution in [0.2, 0.25) is 0 Å². The van der Waals surface area contributed by atoms with E-state index in [-0.39, 0.29) is 5.91 Å². The van der Waals surface area contributed by atoms with Crippen LogP contribution in [0.15, 0.2) is 42.6 Å². The molecule has 5 nitrogen and oxygen atoms in total. The summed E-state index contributed by atoms with van der Waals surface area (Å²) in [5.74, 6) is 0.416. The Balaban J connectivity index is 1.71. The lowest BCUT2D eigenvalue weighted by atomic mass is 9.82. The smallest absolute Gasteiger partial charge is 0.245 e. The average molecular weight is 284 g/mol. The first-order chi connectivity index (χ1) is 10.2. The molecule has 3 N–H and O–H groups in total. The molecule has 1 aliphatic rings. The SMILES string of the molecule is NC1(C(=O)Nc2ccn(-c3ccccc3)n2)CCCCC1. The number of nitrogens with zero attached hydrogens (tertiary/aromatic N) is 2. The number of amides is 1. The summed E-state index contributed by atoms with van der Waals surface area (Å²) in [6, 6.07) is 11.6. The fourth-order valence-electron chi connectivity index (χ4n) is 2.77. The highest BCUT2D eigenvalue weighted by Crippen LogP contribution is 2.27. The first kappa shape index (κ1) is 13.8. The Labute approximate surface area is 124 Å². The van der Waals surface area contributed by atoms with E-state index >= 15 is 0 Å². The lowest BCUT2D eigenvalue weighted by Crippen LogP contribution is -2.52. The third-order valence-electron chi connectivity index (χ3n) is 4.05. The second kappa shape index (κ2) is 5.69. The number of carbonyl (C=O) groups excluding carboxylic acids is 1. The number of aromatic nitrogens is 2. The van der Waals surface area contributed by atoms with Gasteiger partial charge in [0.05, 0.1) is 11.2 Å². The summed E-state index contributed by atoms with van der Waals surface area (Å²) in [6.45, 7) is 0. The van der Waals surface area contributed by atoms with Gasteiger partial charge in [0.25, 0.3) is 0 Å². The summed E-state index contributed by atoms with van der Waals surface area (Å²) in [6.07, 6.45) is 6.52. The molecule has 1 saturated carbocycles. The first-order valence-corrected chi connectivity index (χ1v) is 7.39. The van der Waals surface area contributed by atoms with Gasteiger partial charge in [0.15, 0.2) is 5.82 Å². The molecule has 1 aromatic carbocycles. The van der Waals surface area contributed by atoms with Crippen LogP contribution in [-0.4, -0.2) is 21.2 Å². The van der Waals surface area contributed by atoms with Crippen LogP contribution in [0.5, 0.6) is 0 Å². The molecule has 1 amide bonds. The Hall–Kier alpha value is -2.14. The van der Waals surface area contributed by atoms with Gasteiger partial charge in [-0.15, -0.1) is 0 Å². The zero-order valence-corrected chi connectivity index (χ0v) is 12.0. The van der Waals surface area contributed by atoms with Crippen LogP contribution in [0.1, 0.15) is 32.1 Å². The van der Waals surface area contributed by atoms with Crippen molar-refractivity contribution in [2.24, 2.45) is 5.73 Å². The van der Waals surface area contributed by atoms with Crippen LogP contribution < -0.4 is 11.1 Å². The van der Waals surface area contributed by atoms with Crippen molar-refractivity contribution in [2.45, 2.75) is 37.6 Å².